The van der Waals surface area contributed by atoms with Gasteiger partial charge in [0.05, 0.1) is 11.8 Å². The Bertz CT molecular complexity index is 543. The first-order chi connectivity index (χ1) is 9.08. The number of rotatable bonds is 4. The number of hydrogen-bond acceptors (Lipinski definition) is 3. The van der Waals surface area contributed by atoms with Gasteiger partial charge in [0, 0.05) is 30.5 Å². The van der Waals surface area contributed by atoms with Crippen LogP contribution in [0.5, 0.6) is 0 Å². The van der Waals surface area contributed by atoms with E-state index in [0.717, 1.165) is 22.3 Å². The molecule has 1 N–H and O–H groups in total. The van der Waals surface area contributed by atoms with Gasteiger partial charge in [-0.2, -0.15) is 0 Å². The lowest BCUT2D eigenvalue weighted by Gasteiger charge is -2.21. The molecule has 0 aliphatic heterocycles. The molecule has 2 aromatic rings. The van der Waals surface area contributed by atoms with Gasteiger partial charge in [0.2, 0.25) is 0 Å². The second kappa shape index (κ2) is 6.17. The van der Waals surface area contributed by atoms with Crippen molar-refractivity contribution in [3.05, 3.63) is 58.3 Å². The summed E-state index contributed by atoms with van der Waals surface area (Å²) >= 11 is 3.56. The highest BCUT2D eigenvalue weighted by molar-refractivity contribution is 9.10. The molecule has 19 heavy (non-hydrogen) atoms. The van der Waals surface area contributed by atoms with Gasteiger partial charge in [-0.3, -0.25) is 4.98 Å². The second-order valence-electron chi connectivity index (χ2n) is 4.60. The van der Waals surface area contributed by atoms with Gasteiger partial charge in [-0.25, -0.2) is 0 Å². The average Bonchev–Trinajstić information content (AvgIpc) is 2.39. The fraction of sp³-hybridized carbons (Fsp3) is 0.267. The van der Waals surface area contributed by atoms with Gasteiger partial charge in [0.25, 0.3) is 0 Å². The normalized spacial score (nSPS) is 12.2. The molecule has 0 aliphatic rings. The Morgan fingerprint density at radius 2 is 1.95 bits per heavy atom. The van der Waals surface area contributed by atoms with E-state index in [1.54, 1.807) is 19.3 Å². The van der Waals surface area contributed by atoms with Crippen LogP contribution < -0.4 is 4.90 Å². The summed E-state index contributed by atoms with van der Waals surface area (Å²) in [4.78, 5) is 6.18. The molecule has 0 unspecified atom stereocenters. The molecular weight excluding hydrogens is 304 g/mol. The third kappa shape index (κ3) is 3.55. The third-order valence-electron chi connectivity index (χ3n) is 3.03. The first-order valence-electron chi connectivity index (χ1n) is 6.15. The molecule has 2 rings (SSSR count). The van der Waals surface area contributed by atoms with E-state index in [4.69, 9.17) is 0 Å². The fourth-order valence-corrected chi connectivity index (χ4v) is 2.64. The van der Waals surface area contributed by atoms with Crippen molar-refractivity contribution in [2.45, 2.75) is 19.6 Å². The minimum atomic E-state index is -0.448. The Morgan fingerprint density at radius 3 is 2.53 bits per heavy atom. The van der Waals surface area contributed by atoms with Crippen molar-refractivity contribution >= 4 is 21.6 Å². The lowest BCUT2D eigenvalue weighted by molar-refractivity contribution is 0.199. The van der Waals surface area contributed by atoms with Crippen LogP contribution in [0.25, 0.3) is 0 Å². The Hall–Kier alpha value is -1.39. The minimum Gasteiger partial charge on any atom is -0.389 e. The van der Waals surface area contributed by atoms with Crippen molar-refractivity contribution < 1.29 is 5.11 Å². The van der Waals surface area contributed by atoms with Crippen molar-refractivity contribution in [3.63, 3.8) is 0 Å². The molecule has 0 amide bonds. The summed E-state index contributed by atoms with van der Waals surface area (Å²) < 4.78 is 0.988. The molecule has 1 heterocycles. The van der Waals surface area contributed by atoms with E-state index in [-0.39, 0.29) is 0 Å². The van der Waals surface area contributed by atoms with Gasteiger partial charge >= 0.3 is 0 Å². The van der Waals surface area contributed by atoms with Crippen molar-refractivity contribution in [2.75, 3.05) is 11.9 Å². The van der Waals surface area contributed by atoms with Gasteiger partial charge < -0.3 is 10.0 Å². The van der Waals surface area contributed by atoms with Gasteiger partial charge in [0.15, 0.2) is 0 Å². The topological polar surface area (TPSA) is 36.4 Å². The number of anilines is 1. The molecular formula is C15H17BrN2O. The summed E-state index contributed by atoms with van der Waals surface area (Å²) in [6.07, 6.45) is 3.15. The molecule has 100 valence electrons. The zero-order valence-corrected chi connectivity index (χ0v) is 12.6. The van der Waals surface area contributed by atoms with Crippen molar-refractivity contribution in [1.29, 1.82) is 0 Å². The van der Waals surface area contributed by atoms with Gasteiger partial charge in [0.1, 0.15) is 0 Å². The third-order valence-corrected chi connectivity index (χ3v) is 3.67. The number of halogens is 1. The van der Waals surface area contributed by atoms with Crippen molar-refractivity contribution in [1.82, 2.24) is 4.98 Å². The Balaban J connectivity index is 2.17. The number of aromatic nitrogens is 1. The smallest absolute Gasteiger partial charge is 0.0762 e. The Kier molecular flexibility index (Phi) is 4.56. The largest absolute Gasteiger partial charge is 0.389 e. The van der Waals surface area contributed by atoms with E-state index in [0.29, 0.717) is 0 Å². The second-order valence-corrected chi connectivity index (χ2v) is 5.45. The zero-order chi connectivity index (χ0) is 13.8. The van der Waals surface area contributed by atoms with Crippen LogP contribution in [-0.4, -0.2) is 17.1 Å². The van der Waals surface area contributed by atoms with E-state index < -0.39 is 6.10 Å². The molecule has 1 aromatic carbocycles. The molecule has 4 heteroatoms. The summed E-state index contributed by atoms with van der Waals surface area (Å²) in [6, 6.07) is 9.95. The predicted molar refractivity (Wildman–Crippen MR) is 81.1 cm³/mol. The molecule has 0 saturated heterocycles. The Labute approximate surface area is 122 Å². The van der Waals surface area contributed by atoms with E-state index in [2.05, 4.69) is 25.8 Å². The van der Waals surface area contributed by atoms with E-state index >= 15 is 0 Å². The van der Waals surface area contributed by atoms with Crippen LogP contribution in [0.3, 0.4) is 0 Å². The molecule has 0 fully saturated rings. The minimum absolute atomic E-state index is 0.448. The maximum atomic E-state index is 9.57. The molecule has 0 aliphatic carbocycles. The number of hydrogen-bond donors (Lipinski definition) is 1. The van der Waals surface area contributed by atoms with Gasteiger partial charge in [-0.1, -0.05) is 6.07 Å². The summed E-state index contributed by atoms with van der Waals surface area (Å²) in [5.41, 5.74) is 3.22. The van der Waals surface area contributed by atoms with Crippen LogP contribution in [0.1, 0.15) is 24.2 Å². The highest BCUT2D eigenvalue weighted by Crippen LogP contribution is 2.29. The van der Waals surface area contributed by atoms with Crippen LogP contribution >= 0.6 is 15.9 Å². The molecule has 0 saturated carbocycles. The highest BCUT2D eigenvalue weighted by atomic mass is 79.9. The summed E-state index contributed by atoms with van der Waals surface area (Å²) in [5, 5.41) is 9.57. The van der Waals surface area contributed by atoms with Gasteiger partial charge in [-0.05, 0) is 58.2 Å². The van der Waals surface area contributed by atoms with E-state index in [1.165, 1.54) is 5.56 Å². The number of nitrogens with zero attached hydrogens (tertiary/aromatic N) is 2. The highest BCUT2D eigenvalue weighted by Gasteiger charge is 2.09. The molecule has 1 atom stereocenters. The number of benzene rings is 1. The predicted octanol–water partition coefficient (Wildman–Crippen LogP) is 3.53. The van der Waals surface area contributed by atoms with E-state index in [9.17, 15) is 5.11 Å². The maximum absolute atomic E-state index is 9.57. The van der Waals surface area contributed by atoms with E-state index in [1.807, 2.05) is 37.4 Å². The van der Waals surface area contributed by atoms with Crippen LogP contribution in [0.15, 0.2) is 47.2 Å². The number of aliphatic hydroxyl groups is 1. The van der Waals surface area contributed by atoms with Crippen LogP contribution in [0, 0.1) is 0 Å². The van der Waals surface area contributed by atoms with Crippen LogP contribution in [-0.2, 0) is 6.54 Å². The molecule has 1 aromatic heterocycles. The monoisotopic (exact) mass is 320 g/mol. The maximum Gasteiger partial charge on any atom is 0.0762 e. The lowest BCUT2D eigenvalue weighted by Crippen LogP contribution is -2.17. The SMILES string of the molecule is C[C@@H](O)c1ccc(N(C)Cc2ccncc2)c(Br)c1. The lowest BCUT2D eigenvalue weighted by atomic mass is 10.1. The average molecular weight is 321 g/mol. The molecule has 0 spiro atoms. The fourth-order valence-electron chi connectivity index (χ4n) is 1.94. The van der Waals surface area contributed by atoms with Crippen LogP contribution in [0.2, 0.25) is 0 Å². The van der Waals surface area contributed by atoms with Crippen LogP contribution in [0.4, 0.5) is 5.69 Å². The van der Waals surface area contributed by atoms with Gasteiger partial charge in [-0.15, -0.1) is 0 Å². The van der Waals surface area contributed by atoms with Crippen molar-refractivity contribution in [3.8, 4) is 0 Å². The molecule has 0 bridgehead atoms. The quantitative estimate of drug-likeness (QED) is 0.936. The first-order valence-corrected chi connectivity index (χ1v) is 6.95. The Morgan fingerprint density at radius 1 is 1.26 bits per heavy atom. The molecule has 0 radical (unpaired) electrons. The summed E-state index contributed by atoms with van der Waals surface area (Å²) in [5.74, 6) is 0. The van der Waals surface area contributed by atoms with Crippen molar-refractivity contribution in [2.24, 2.45) is 0 Å². The number of aliphatic hydroxyl groups excluding tert-OH is 1. The first kappa shape index (κ1) is 14.0. The number of pyridine rings is 1. The summed E-state index contributed by atoms with van der Waals surface area (Å²) in [7, 11) is 2.04. The summed E-state index contributed by atoms with van der Waals surface area (Å²) in [6.45, 7) is 2.58. The zero-order valence-electron chi connectivity index (χ0n) is 11.0. The standard InChI is InChI=1S/C15H17BrN2O/c1-11(19)13-3-4-15(14(16)9-13)18(2)10-12-5-7-17-8-6-12/h3-9,11,19H,10H2,1-2H3/t11-/m1/s1. The molecule has 3 nitrogen and oxygen atoms in total.